The Balaban J connectivity index is 2.23. The summed E-state index contributed by atoms with van der Waals surface area (Å²) in [6.07, 6.45) is -0.0698. The zero-order valence-electron chi connectivity index (χ0n) is 8.28. The summed E-state index contributed by atoms with van der Waals surface area (Å²) in [6.45, 7) is 1.57. The summed E-state index contributed by atoms with van der Waals surface area (Å²) in [5.74, 6) is 0.859. The van der Waals surface area contributed by atoms with Crippen LogP contribution in [0.1, 0.15) is 23.7 Å². The topological polar surface area (TPSA) is 52.6 Å². The van der Waals surface area contributed by atoms with Gasteiger partial charge in [-0.25, -0.2) is 0 Å². The standard InChI is InChI=1S/C11H10O4/c1-7(12)4-9(13)8-2-3-10-11(5-8)15-6-14-10/h2-3,5H,4,6H2,1H3. The van der Waals surface area contributed by atoms with Gasteiger partial charge in [0.2, 0.25) is 6.79 Å². The van der Waals surface area contributed by atoms with Crippen molar-refractivity contribution in [3.05, 3.63) is 23.8 Å². The Bertz CT molecular complexity index is 423. The summed E-state index contributed by atoms with van der Waals surface area (Å²) in [5.41, 5.74) is 0.481. The van der Waals surface area contributed by atoms with E-state index in [9.17, 15) is 9.59 Å². The van der Waals surface area contributed by atoms with Gasteiger partial charge in [-0.05, 0) is 25.1 Å². The van der Waals surface area contributed by atoms with E-state index in [1.807, 2.05) is 0 Å². The third-order valence-corrected chi connectivity index (χ3v) is 2.10. The summed E-state index contributed by atoms with van der Waals surface area (Å²) in [4.78, 5) is 22.3. The van der Waals surface area contributed by atoms with Crippen molar-refractivity contribution in [3.8, 4) is 11.5 Å². The van der Waals surface area contributed by atoms with Crippen LogP contribution in [0.25, 0.3) is 0 Å². The van der Waals surface area contributed by atoms with Gasteiger partial charge in [0, 0.05) is 5.56 Å². The number of fused-ring (bicyclic) bond motifs is 1. The van der Waals surface area contributed by atoms with Gasteiger partial charge in [-0.3, -0.25) is 9.59 Å². The van der Waals surface area contributed by atoms with Crippen molar-refractivity contribution in [2.75, 3.05) is 6.79 Å². The summed E-state index contributed by atoms with van der Waals surface area (Å²) in [7, 11) is 0. The Morgan fingerprint density at radius 2 is 2.00 bits per heavy atom. The molecule has 4 nitrogen and oxygen atoms in total. The predicted molar refractivity (Wildman–Crippen MR) is 52.2 cm³/mol. The van der Waals surface area contributed by atoms with Crippen LogP contribution in [0.3, 0.4) is 0 Å². The highest BCUT2D eigenvalue weighted by atomic mass is 16.7. The van der Waals surface area contributed by atoms with Gasteiger partial charge in [-0.1, -0.05) is 0 Å². The second kappa shape index (κ2) is 3.73. The summed E-state index contributed by atoms with van der Waals surface area (Å²) in [6, 6.07) is 4.92. The smallest absolute Gasteiger partial charge is 0.231 e. The first-order valence-electron chi connectivity index (χ1n) is 4.59. The van der Waals surface area contributed by atoms with Gasteiger partial charge in [-0.15, -0.1) is 0 Å². The Labute approximate surface area is 86.8 Å². The fourth-order valence-electron chi connectivity index (χ4n) is 1.40. The van der Waals surface area contributed by atoms with Gasteiger partial charge in [0.1, 0.15) is 5.78 Å². The molecular formula is C11H10O4. The Kier molecular flexibility index (Phi) is 2.41. The first-order chi connectivity index (χ1) is 7.16. The van der Waals surface area contributed by atoms with E-state index in [2.05, 4.69) is 0 Å². The minimum atomic E-state index is -0.194. The van der Waals surface area contributed by atoms with Crippen LogP contribution < -0.4 is 9.47 Å². The lowest BCUT2D eigenvalue weighted by molar-refractivity contribution is -0.116. The normalized spacial score (nSPS) is 12.6. The second-order valence-corrected chi connectivity index (χ2v) is 3.37. The number of benzene rings is 1. The van der Waals surface area contributed by atoms with E-state index in [4.69, 9.17) is 9.47 Å². The second-order valence-electron chi connectivity index (χ2n) is 3.37. The van der Waals surface area contributed by atoms with Gasteiger partial charge in [-0.2, -0.15) is 0 Å². The van der Waals surface area contributed by atoms with E-state index >= 15 is 0 Å². The Morgan fingerprint density at radius 1 is 1.27 bits per heavy atom. The molecule has 0 saturated heterocycles. The first kappa shape index (κ1) is 9.71. The zero-order chi connectivity index (χ0) is 10.8. The molecule has 0 spiro atoms. The number of hydrogen-bond donors (Lipinski definition) is 0. The highest BCUT2D eigenvalue weighted by molar-refractivity contribution is 6.07. The molecule has 0 amide bonds. The molecule has 1 aliphatic heterocycles. The molecule has 4 heteroatoms. The molecule has 1 aromatic rings. The molecular weight excluding hydrogens is 196 g/mol. The largest absolute Gasteiger partial charge is 0.454 e. The van der Waals surface area contributed by atoms with E-state index in [1.54, 1.807) is 18.2 Å². The van der Waals surface area contributed by atoms with Crippen LogP contribution >= 0.6 is 0 Å². The highest BCUT2D eigenvalue weighted by Crippen LogP contribution is 2.32. The van der Waals surface area contributed by atoms with E-state index in [1.165, 1.54) is 6.92 Å². The molecule has 1 aromatic carbocycles. The molecule has 1 aliphatic rings. The van der Waals surface area contributed by atoms with Gasteiger partial charge < -0.3 is 9.47 Å². The highest BCUT2D eigenvalue weighted by Gasteiger charge is 2.16. The average Bonchev–Trinajstić information content (AvgIpc) is 2.62. The van der Waals surface area contributed by atoms with Gasteiger partial charge in [0.15, 0.2) is 17.3 Å². The molecule has 78 valence electrons. The number of ketones is 2. The van der Waals surface area contributed by atoms with Crippen molar-refractivity contribution < 1.29 is 19.1 Å². The molecule has 15 heavy (non-hydrogen) atoms. The quantitative estimate of drug-likeness (QED) is 0.556. The van der Waals surface area contributed by atoms with Crippen molar-refractivity contribution in [2.24, 2.45) is 0 Å². The zero-order valence-corrected chi connectivity index (χ0v) is 8.28. The van der Waals surface area contributed by atoms with Crippen molar-refractivity contribution in [2.45, 2.75) is 13.3 Å². The maximum Gasteiger partial charge on any atom is 0.231 e. The van der Waals surface area contributed by atoms with Gasteiger partial charge in [0.25, 0.3) is 0 Å². The molecule has 2 rings (SSSR count). The van der Waals surface area contributed by atoms with Crippen molar-refractivity contribution >= 4 is 11.6 Å². The number of ether oxygens (including phenoxy) is 2. The lowest BCUT2D eigenvalue weighted by Crippen LogP contribution is -2.04. The average molecular weight is 206 g/mol. The minimum Gasteiger partial charge on any atom is -0.454 e. The summed E-state index contributed by atoms with van der Waals surface area (Å²) in [5, 5.41) is 0. The molecule has 0 N–H and O–H groups in total. The SMILES string of the molecule is CC(=O)CC(=O)c1ccc2c(c1)OCO2. The predicted octanol–water partition coefficient (Wildman–Crippen LogP) is 1.58. The molecule has 0 aliphatic carbocycles. The van der Waals surface area contributed by atoms with E-state index < -0.39 is 0 Å². The maximum absolute atomic E-state index is 11.5. The monoisotopic (exact) mass is 206 g/mol. The van der Waals surface area contributed by atoms with E-state index in [0.29, 0.717) is 17.1 Å². The molecule has 0 unspecified atom stereocenters. The van der Waals surface area contributed by atoms with Crippen LogP contribution in [0.4, 0.5) is 0 Å². The molecule has 0 aromatic heterocycles. The van der Waals surface area contributed by atoms with Crippen LogP contribution in [0, 0.1) is 0 Å². The lowest BCUT2D eigenvalue weighted by Gasteiger charge is -2.00. The van der Waals surface area contributed by atoms with Crippen molar-refractivity contribution in [1.29, 1.82) is 0 Å². The molecule has 1 heterocycles. The summed E-state index contributed by atoms with van der Waals surface area (Å²) >= 11 is 0. The van der Waals surface area contributed by atoms with Crippen molar-refractivity contribution in [3.63, 3.8) is 0 Å². The number of Topliss-reactive ketones (excluding diaryl/α,β-unsaturated/α-hetero) is 2. The summed E-state index contributed by atoms with van der Waals surface area (Å²) < 4.78 is 10.2. The molecule has 0 saturated carbocycles. The van der Waals surface area contributed by atoms with Crippen LogP contribution in [-0.4, -0.2) is 18.4 Å². The third-order valence-electron chi connectivity index (χ3n) is 2.10. The fraction of sp³-hybridized carbons (Fsp3) is 0.273. The van der Waals surface area contributed by atoms with Gasteiger partial charge in [0.05, 0.1) is 6.42 Å². The fourth-order valence-corrected chi connectivity index (χ4v) is 1.40. The Hall–Kier alpha value is -1.84. The molecule has 0 bridgehead atoms. The lowest BCUT2D eigenvalue weighted by atomic mass is 10.1. The number of carbonyl (C=O) groups excluding carboxylic acids is 2. The maximum atomic E-state index is 11.5. The number of carbonyl (C=O) groups is 2. The van der Waals surface area contributed by atoms with Crippen LogP contribution in [0.15, 0.2) is 18.2 Å². The van der Waals surface area contributed by atoms with Crippen LogP contribution in [0.2, 0.25) is 0 Å². The third kappa shape index (κ3) is 1.98. The van der Waals surface area contributed by atoms with Crippen molar-refractivity contribution in [1.82, 2.24) is 0 Å². The minimum absolute atomic E-state index is 0.0698. The molecule has 0 fully saturated rings. The van der Waals surface area contributed by atoms with E-state index in [0.717, 1.165) is 0 Å². The Morgan fingerprint density at radius 3 is 2.73 bits per heavy atom. The molecule has 0 radical (unpaired) electrons. The van der Waals surface area contributed by atoms with Crippen LogP contribution in [-0.2, 0) is 4.79 Å². The molecule has 0 atom stereocenters. The van der Waals surface area contributed by atoms with E-state index in [-0.39, 0.29) is 24.8 Å². The van der Waals surface area contributed by atoms with Crippen LogP contribution in [0.5, 0.6) is 11.5 Å². The first-order valence-corrected chi connectivity index (χ1v) is 4.59. The number of hydrogen-bond acceptors (Lipinski definition) is 4. The van der Waals surface area contributed by atoms with Gasteiger partial charge >= 0.3 is 0 Å². The number of rotatable bonds is 3.